The van der Waals surface area contributed by atoms with Gasteiger partial charge in [0.25, 0.3) is 11.7 Å². The van der Waals surface area contributed by atoms with Gasteiger partial charge in [0.1, 0.15) is 5.76 Å². The van der Waals surface area contributed by atoms with E-state index < -0.39 is 17.7 Å². The molecule has 182 valence electrons. The summed E-state index contributed by atoms with van der Waals surface area (Å²) in [6.07, 6.45) is 5.87. The van der Waals surface area contributed by atoms with Crippen LogP contribution in [0.4, 0.5) is 0 Å². The Hall–Kier alpha value is -4.07. The smallest absolute Gasteiger partial charge is 0.295 e. The number of rotatable bonds is 10. The molecule has 2 heterocycles. The van der Waals surface area contributed by atoms with E-state index in [-0.39, 0.29) is 11.3 Å². The zero-order valence-electron chi connectivity index (χ0n) is 19.9. The normalized spacial score (nSPS) is 17.1. The Morgan fingerprint density at radius 2 is 1.74 bits per heavy atom. The molecule has 0 unspecified atom stereocenters. The first-order chi connectivity index (χ1) is 17.0. The van der Waals surface area contributed by atoms with Gasteiger partial charge in [-0.2, -0.15) is 0 Å². The van der Waals surface area contributed by atoms with Gasteiger partial charge in [0.2, 0.25) is 0 Å². The molecule has 2 aromatic carbocycles. The number of hydrogen-bond donors (Lipinski definition) is 1. The van der Waals surface area contributed by atoms with Crippen LogP contribution < -0.4 is 9.47 Å². The van der Waals surface area contributed by atoms with Crippen LogP contribution in [0, 0.1) is 0 Å². The van der Waals surface area contributed by atoms with Gasteiger partial charge in [-0.05, 0) is 38.0 Å². The van der Waals surface area contributed by atoms with Crippen molar-refractivity contribution in [3.05, 3.63) is 84.0 Å². The molecule has 1 atom stereocenters. The van der Waals surface area contributed by atoms with E-state index >= 15 is 0 Å². The van der Waals surface area contributed by atoms with Crippen molar-refractivity contribution in [2.45, 2.75) is 32.9 Å². The van der Waals surface area contributed by atoms with Crippen molar-refractivity contribution in [1.82, 2.24) is 14.5 Å². The molecule has 0 radical (unpaired) electrons. The molecule has 4 rings (SSSR count). The van der Waals surface area contributed by atoms with E-state index in [1.165, 1.54) is 4.90 Å². The monoisotopic (exact) mass is 475 g/mol. The quantitative estimate of drug-likeness (QED) is 0.268. The zero-order chi connectivity index (χ0) is 24.8. The molecule has 1 fully saturated rings. The van der Waals surface area contributed by atoms with Crippen LogP contribution in [0.25, 0.3) is 5.76 Å². The molecule has 1 aliphatic heterocycles. The lowest BCUT2D eigenvalue weighted by Crippen LogP contribution is -2.31. The van der Waals surface area contributed by atoms with E-state index in [9.17, 15) is 14.7 Å². The molecule has 8 nitrogen and oxygen atoms in total. The fourth-order valence-corrected chi connectivity index (χ4v) is 4.29. The second-order valence-electron chi connectivity index (χ2n) is 8.08. The Kier molecular flexibility index (Phi) is 7.50. The van der Waals surface area contributed by atoms with E-state index in [4.69, 9.17) is 9.47 Å². The van der Waals surface area contributed by atoms with Gasteiger partial charge in [0, 0.05) is 31.0 Å². The minimum Gasteiger partial charge on any atom is -0.507 e. The summed E-state index contributed by atoms with van der Waals surface area (Å²) in [6.45, 7) is 5.63. The largest absolute Gasteiger partial charge is 0.507 e. The zero-order valence-corrected chi connectivity index (χ0v) is 19.9. The number of aryl methyl sites for hydroxylation is 1. The van der Waals surface area contributed by atoms with Crippen LogP contribution in [-0.4, -0.2) is 51.0 Å². The predicted octanol–water partition coefficient (Wildman–Crippen LogP) is 4.19. The molecule has 1 N–H and O–H groups in total. The number of ketones is 1. The molecule has 8 heteroatoms. The Morgan fingerprint density at radius 1 is 1.00 bits per heavy atom. The lowest BCUT2D eigenvalue weighted by molar-refractivity contribution is -0.139. The van der Waals surface area contributed by atoms with Crippen LogP contribution in [-0.2, 0) is 16.1 Å². The number of aromatic nitrogens is 2. The number of imidazole rings is 1. The lowest BCUT2D eigenvalue weighted by Gasteiger charge is -2.26. The number of aliphatic hydroxyl groups excluding tert-OH is 1. The van der Waals surface area contributed by atoms with Crippen molar-refractivity contribution in [2.24, 2.45) is 0 Å². The van der Waals surface area contributed by atoms with Crippen molar-refractivity contribution in [3.8, 4) is 11.5 Å². The van der Waals surface area contributed by atoms with Gasteiger partial charge >= 0.3 is 0 Å². The van der Waals surface area contributed by atoms with Gasteiger partial charge in [-0.25, -0.2) is 4.98 Å². The number of ether oxygens (including phenoxy) is 2. The van der Waals surface area contributed by atoms with Gasteiger partial charge in [-0.1, -0.05) is 36.4 Å². The van der Waals surface area contributed by atoms with Crippen LogP contribution in [0.3, 0.4) is 0 Å². The summed E-state index contributed by atoms with van der Waals surface area (Å²) in [5, 5.41) is 11.2. The SMILES string of the molecule is CCOc1ccc([C@@H]2C(=C(O)c3ccccc3)C(=O)C(=O)N2CCCn2ccnc2)cc1OCC. The molecule has 0 aliphatic carbocycles. The number of amides is 1. The summed E-state index contributed by atoms with van der Waals surface area (Å²) in [4.78, 5) is 31.9. The van der Waals surface area contributed by atoms with Crippen LogP contribution in [0.15, 0.2) is 72.8 Å². The third kappa shape index (κ3) is 5.06. The summed E-state index contributed by atoms with van der Waals surface area (Å²) in [5.74, 6) is -0.428. The topological polar surface area (TPSA) is 93.9 Å². The Labute approximate surface area is 204 Å². The van der Waals surface area contributed by atoms with E-state index in [2.05, 4.69) is 4.98 Å². The molecule has 1 aromatic heterocycles. The minimum absolute atomic E-state index is 0.0652. The Morgan fingerprint density at radius 3 is 2.43 bits per heavy atom. The van der Waals surface area contributed by atoms with Gasteiger partial charge in [0.15, 0.2) is 11.5 Å². The first-order valence-electron chi connectivity index (χ1n) is 11.7. The van der Waals surface area contributed by atoms with Crippen molar-refractivity contribution in [1.29, 1.82) is 0 Å². The third-order valence-electron chi connectivity index (χ3n) is 5.84. The van der Waals surface area contributed by atoms with E-state index in [1.807, 2.05) is 36.7 Å². The molecule has 1 saturated heterocycles. The third-order valence-corrected chi connectivity index (χ3v) is 5.84. The van der Waals surface area contributed by atoms with Gasteiger partial charge < -0.3 is 24.0 Å². The fourth-order valence-electron chi connectivity index (χ4n) is 4.29. The minimum atomic E-state index is -0.757. The highest BCUT2D eigenvalue weighted by molar-refractivity contribution is 6.46. The van der Waals surface area contributed by atoms with Crippen molar-refractivity contribution >= 4 is 17.4 Å². The molecule has 0 bridgehead atoms. The standard InChI is InChI=1S/C27H29N3O5/c1-3-34-21-12-11-20(17-22(21)35-4-2)24-23(25(31)19-9-6-5-7-10-19)26(32)27(33)30(24)15-8-14-29-16-13-28-18-29/h5-7,9-13,16-18,24,31H,3-4,8,14-15H2,1-2H3/t24-/m1/s1. The molecule has 35 heavy (non-hydrogen) atoms. The summed E-state index contributed by atoms with van der Waals surface area (Å²) in [6, 6.07) is 13.4. The number of likely N-dealkylation sites (tertiary alicyclic amines) is 1. The summed E-state index contributed by atoms with van der Waals surface area (Å²) in [5.41, 5.74) is 1.21. The average molecular weight is 476 g/mol. The molecule has 1 amide bonds. The second-order valence-corrected chi connectivity index (χ2v) is 8.08. The van der Waals surface area contributed by atoms with Crippen molar-refractivity contribution in [2.75, 3.05) is 19.8 Å². The average Bonchev–Trinajstić information content (AvgIpc) is 3.48. The van der Waals surface area contributed by atoms with Crippen LogP contribution in [0.5, 0.6) is 11.5 Å². The van der Waals surface area contributed by atoms with Crippen molar-refractivity contribution < 1.29 is 24.2 Å². The number of carbonyl (C=O) groups excluding carboxylic acids is 2. The molecular formula is C27H29N3O5. The Bertz CT molecular complexity index is 1200. The van der Waals surface area contributed by atoms with E-state index in [1.54, 1.807) is 48.9 Å². The summed E-state index contributed by atoms with van der Waals surface area (Å²) in [7, 11) is 0. The molecule has 0 saturated carbocycles. The first-order valence-corrected chi connectivity index (χ1v) is 11.7. The highest BCUT2D eigenvalue weighted by atomic mass is 16.5. The lowest BCUT2D eigenvalue weighted by atomic mass is 9.95. The van der Waals surface area contributed by atoms with E-state index in [0.717, 1.165) is 0 Å². The first kappa shape index (κ1) is 24.1. The molecule has 3 aromatic rings. The predicted molar refractivity (Wildman–Crippen MR) is 131 cm³/mol. The fraction of sp³-hybridized carbons (Fsp3) is 0.296. The van der Waals surface area contributed by atoms with Gasteiger partial charge in [0.05, 0.1) is 31.2 Å². The number of nitrogens with zero attached hydrogens (tertiary/aromatic N) is 3. The van der Waals surface area contributed by atoms with E-state index in [0.29, 0.717) is 55.4 Å². The van der Waals surface area contributed by atoms with Crippen LogP contribution >= 0.6 is 0 Å². The summed E-state index contributed by atoms with van der Waals surface area (Å²) < 4.78 is 13.4. The number of hydrogen-bond acceptors (Lipinski definition) is 6. The molecule has 1 aliphatic rings. The van der Waals surface area contributed by atoms with Crippen LogP contribution in [0.2, 0.25) is 0 Å². The highest BCUT2D eigenvalue weighted by Gasteiger charge is 2.46. The number of benzene rings is 2. The van der Waals surface area contributed by atoms with Gasteiger partial charge in [-0.15, -0.1) is 0 Å². The second kappa shape index (κ2) is 10.9. The number of aliphatic hydroxyl groups is 1. The van der Waals surface area contributed by atoms with Crippen molar-refractivity contribution in [3.63, 3.8) is 0 Å². The van der Waals surface area contributed by atoms with Gasteiger partial charge in [-0.3, -0.25) is 9.59 Å². The molecule has 0 spiro atoms. The number of carbonyl (C=O) groups is 2. The summed E-state index contributed by atoms with van der Waals surface area (Å²) >= 11 is 0. The molecular weight excluding hydrogens is 446 g/mol. The maximum Gasteiger partial charge on any atom is 0.295 e. The Balaban J connectivity index is 1.77. The van der Waals surface area contributed by atoms with Crippen LogP contribution in [0.1, 0.15) is 37.4 Å². The maximum absolute atomic E-state index is 13.2. The maximum atomic E-state index is 13.2. The number of Topliss-reactive ketones (excluding diaryl/α,β-unsaturated/α-hetero) is 1. The highest BCUT2D eigenvalue weighted by Crippen LogP contribution is 2.42.